The van der Waals surface area contributed by atoms with Gasteiger partial charge < -0.3 is 4.57 Å². The summed E-state index contributed by atoms with van der Waals surface area (Å²) in [5.41, 5.74) is 2.51. The van der Waals surface area contributed by atoms with Crippen LogP contribution in [0.25, 0.3) is 0 Å². The van der Waals surface area contributed by atoms with Gasteiger partial charge in [0.1, 0.15) is 0 Å². The second-order valence-electron chi connectivity index (χ2n) is 3.15. The fourth-order valence-corrected chi connectivity index (χ4v) is 1.33. The van der Waals surface area contributed by atoms with Crippen LogP contribution in [-0.2, 0) is 6.54 Å². The van der Waals surface area contributed by atoms with Crippen LogP contribution in [0.1, 0.15) is 11.3 Å². The molecule has 0 saturated heterocycles. The average Bonchev–Trinajstić information content (AvgIpc) is 2.54. The highest BCUT2D eigenvalue weighted by Gasteiger charge is 1.96. The molecule has 0 bridgehead atoms. The number of imidazole rings is 1. The molecule has 66 valence electrons. The van der Waals surface area contributed by atoms with Crippen LogP contribution in [0.5, 0.6) is 0 Å². The first-order valence-corrected chi connectivity index (χ1v) is 4.37. The van der Waals surface area contributed by atoms with Gasteiger partial charge in [0.15, 0.2) is 0 Å². The second-order valence-corrected chi connectivity index (χ2v) is 3.15. The molecule has 0 aliphatic carbocycles. The first kappa shape index (κ1) is 8.05. The van der Waals surface area contributed by atoms with E-state index < -0.39 is 0 Å². The molecule has 13 heavy (non-hydrogen) atoms. The summed E-state index contributed by atoms with van der Waals surface area (Å²) in [5.74, 6) is 0. The molecule has 2 nitrogen and oxygen atoms in total. The van der Waals surface area contributed by atoms with Crippen molar-refractivity contribution in [2.75, 3.05) is 0 Å². The molecule has 0 aliphatic rings. The molecule has 1 heterocycles. The fraction of sp³-hybridized carbons (Fsp3) is 0.182. The summed E-state index contributed by atoms with van der Waals surface area (Å²) in [7, 11) is 0. The summed E-state index contributed by atoms with van der Waals surface area (Å²) >= 11 is 0. The SMILES string of the molecule is Cc1cncn1Cc1ccccc1. The maximum absolute atomic E-state index is 4.08. The highest BCUT2D eigenvalue weighted by Crippen LogP contribution is 2.04. The van der Waals surface area contributed by atoms with Crippen LogP contribution in [0, 0.1) is 6.92 Å². The van der Waals surface area contributed by atoms with E-state index in [0.29, 0.717) is 0 Å². The van der Waals surface area contributed by atoms with Gasteiger partial charge in [-0.1, -0.05) is 30.3 Å². The molecule has 2 heteroatoms. The molecule has 1 aromatic heterocycles. The Morgan fingerprint density at radius 2 is 2.00 bits per heavy atom. The maximum atomic E-state index is 4.08. The van der Waals surface area contributed by atoms with Gasteiger partial charge in [-0.25, -0.2) is 4.98 Å². The monoisotopic (exact) mass is 172 g/mol. The lowest BCUT2D eigenvalue weighted by Gasteiger charge is -2.04. The van der Waals surface area contributed by atoms with Crippen molar-refractivity contribution < 1.29 is 0 Å². The average molecular weight is 172 g/mol. The van der Waals surface area contributed by atoms with Crippen LogP contribution in [0.3, 0.4) is 0 Å². The Morgan fingerprint density at radius 3 is 2.62 bits per heavy atom. The molecule has 1 aromatic carbocycles. The Morgan fingerprint density at radius 1 is 1.23 bits per heavy atom. The predicted octanol–water partition coefficient (Wildman–Crippen LogP) is 2.24. The molecular formula is C11H12N2. The lowest BCUT2D eigenvalue weighted by molar-refractivity contribution is 0.770. The topological polar surface area (TPSA) is 17.8 Å². The molecule has 0 radical (unpaired) electrons. The zero-order chi connectivity index (χ0) is 9.10. The second kappa shape index (κ2) is 3.44. The van der Waals surface area contributed by atoms with Crippen molar-refractivity contribution in [2.45, 2.75) is 13.5 Å². The number of rotatable bonds is 2. The van der Waals surface area contributed by atoms with Gasteiger partial charge in [0.2, 0.25) is 0 Å². The first-order chi connectivity index (χ1) is 6.36. The van der Waals surface area contributed by atoms with E-state index in [1.165, 1.54) is 11.3 Å². The first-order valence-electron chi connectivity index (χ1n) is 4.37. The minimum absolute atomic E-state index is 0.909. The van der Waals surface area contributed by atoms with E-state index in [2.05, 4.69) is 40.7 Å². The van der Waals surface area contributed by atoms with E-state index in [1.807, 2.05) is 18.6 Å². The molecule has 2 aromatic rings. The number of hydrogen-bond acceptors (Lipinski definition) is 1. The third-order valence-corrected chi connectivity index (χ3v) is 2.12. The summed E-state index contributed by atoms with van der Waals surface area (Å²) in [5, 5.41) is 0. The number of hydrogen-bond donors (Lipinski definition) is 0. The third kappa shape index (κ3) is 1.78. The van der Waals surface area contributed by atoms with Gasteiger partial charge in [-0.3, -0.25) is 0 Å². The number of benzene rings is 1. The number of nitrogens with zero attached hydrogens (tertiary/aromatic N) is 2. The minimum Gasteiger partial charge on any atom is -0.330 e. The minimum atomic E-state index is 0.909. The van der Waals surface area contributed by atoms with E-state index in [1.54, 1.807) is 0 Å². The lowest BCUT2D eigenvalue weighted by Crippen LogP contribution is -1.99. The van der Waals surface area contributed by atoms with Crippen molar-refractivity contribution in [3.63, 3.8) is 0 Å². The summed E-state index contributed by atoms with van der Waals surface area (Å²) in [6, 6.07) is 10.4. The molecule has 0 aliphatic heterocycles. The summed E-state index contributed by atoms with van der Waals surface area (Å²) in [4.78, 5) is 4.08. The van der Waals surface area contributed by atoms with E-state index in [4.69, 9.17) is 0 Å². The van der Waals surface area contributed by atoms with Crippen LogP contribution < -0.4 is 0 Å². The van der Waals surface area contributed by atoms with Crippen molar-refractivity contribution in [2.24, 2.45) is 0 Å². The summed E-state index contributed by atoms with van der Waals surface area (Å²) in [6.07, 6.45) is 3.74. The Labute approximate surface area is 77.9 Å². The Balaban J connectivity index is 2.20. The van der Waals surface area contributed by atoms with Crippen LogP contribution in [0.4, 0.5) is 0 Å². The van der Waals surface area contributed by atoms with E-state index in [-0.39, 0.29) is 0 Å². The number of aromatic nitrogens is 2. The molecule has 0 fully saturated rings. The largest absolute Gasteiger partial charge is 0.330 e. The Hall–Kier alpha value is -1.57. The van der Waals surface area contributed by atoms with Gasteiger partial charge in [0, 0.05) is 18.4 Å². The van der Waals surface area contributed by atoms with Crippen molar-refractivity contribution in [3.05, 3.63) is 54.1 Å². The molecular weight excluding hydrogens is 160 g/mol. The van der Waals surface area contributed by atoms with Gasteiger partial charge in [-0.05, 0) is 12.5 Å². The smallest absolute Gasteiger partial charge is 0.0951 e. The third-order valence-electron chi connectivity index (χ3n) is 2.12. The van der Waals surface area contributed by atoms with Crippen molar-refractivity contribution in [1.29, 1.82) is 0 Å². The zero-order valence-corrected chi connectivity index (χ0v) is 7.64. The maximum Gasteiger partial charge on any atom is 0.0951 e. The van der Waals surface area contributed by atoms with Crippen LogP contribution in [-0.4, -0.2) is 9.55 Å². The summed E-state index contributed by atoms with van der Waals surface area (Å²) in [6.45, 7) is 2.97. The summed E-state index contributed by atoms with van der Waals surface area (Å²) < 4.78 is 2.13. The predicted molar refractivity (Wildman–Crippen MR) is 52.5 cm³/mol. The molecule has 0 atom stereocenters. The van der Waals surface area contributed by atoms with Gasteiger partial charge in [0.05, 0.1) is 6.33 Å². The van der Waals surface area contributed by atoms with Gasteiger partial charge in [-0.15, -0.1) is 0 Å². The quantitative estimate of drug-likeness (QED) is 0.679. The van der Waals surface area contributed by atoms with Crippen LogP contribution in [0.15, 0.2) is 42.9 Å². The van der Waals surface area contributed by atoms with Gasteiger partial charge in [0.25, 0.3) is 0 Å². The van der Waals surface area contributed by atoms with Crippen LogP contribution >= 0.6 is 0 Å². The number of aryl methyl sites for hydroxylation is 1. The highest BCUT2D eigenvalue weighted by atomic mass is 15.0. The Kier molecular flexibility index (Phi) is 2.13. The lowest BCUT2D eigenvalue weighted by atomic mass is 10.2. The standard InChI is InChI=1S/C11H12N2/c1-10-7-12-9-13(10)8-11-5-3-2-4-6-11/h2-7,9H,8H2,1H3. The molecule has 0 N–H and O–H groups in total. The van der Waals surface area contributed by atoms with Gasteiger partial charge in [-0.2, -0.15) is 0 Å². The van der Waals surface area contributed by atoms with Crippen molar-refractivity contribution in [3.8, 4) is 0 Å². The van der Waals surface area contributed by atoms with Crippen molar-refractivity contribution in [1.82, 2.24) is 9.55 Å². The molecule has 0 spiro atoms. The Bertz CT molecular complexity index is 376. The van der Waals surface area contributed by atoms with Crippen molar-refractivity contribution >= 4 is 0 Å². The molecule has 0 unspecified atom stereocenters. The molecule has 0 saturated carbocycles. The molecule has 0 amide bonds. The fourth-order valence-electron chi connectivity index (χ4n) is 1.33. The van der Waals surface area contributed by atoms with E-state index in [0.717, 1.165) is 6.54 Å². The van der Waals surface area contributed by atoms with Crippen LogP contribution in [0.2, 0.25) is 0 Å². The van der Waals surface area contributed by atoms with Gasteiger partial charge >= 0.3 is 0 Å². The van der Waals surface area contributed by atoms with E-state index in [9.17, 15) is 0 Å². The molecule has 2 rings (SSSR count). The highest BCUT2D eigenvalue weighted by molar-refractivity contribution is 5.15. The normalized spacial score (nSPS) is 10.2. The van der Waals surface area contributed by atoms with E-state index >= 15 is 0 Å². The zero-order valence-electron chi connectivity index (χ0n) is 7.64.